The van der Waals surface area contributed by atoms with Crippen molar-refractivity contribution < 1.29 is 0 Å². The van der Waals surface area contributed by atoms with Gasteiger partial charge in [-0.25, -0.2) is 4.98 Å². The third-order valence-electron chi connectivity index (χ3n) is 2.14. The molecule has 96 valence electrons. The summed E-state index contributed by atoms with van der Waals surface area (Å²) in [5.41, 5.74) is 0.193. The predicted octanol–water partition coefficient (Wildman–Crippen LogP) is 4.52. The maximum Gasteiger partial charge on any atom is 0.224 e. The van der Waals surface area contributed by atoms with E-state index in [9.17, 15) is 0 Å². The molecule has 0 radical (unpaired) electrons. The quantitative estimate of drug-likeness (QED) is 0.832. The number of nitrogens with zero attached hydrogens (tertiary/aromatic N) is 2. The molecule has 3 nitrogen and oxygen atoms in total. The number of nitrogens with one attached hydrogen (secondary N) is 1. The van der Waals surface area contributed by atoms with Crippen LogP contribution in [0, 0.1) is 5.41 Å². The maximum absolute atomic E-state index is 5.80. The van der Waals surface area contributed by atoms with Crippen molar-refractivity contribution in [1.29, 1.82) is 0 Å². The van der Waals surface area contributed by atoms with Gasteiger partial charge in [-0.3, -0.25) is 0 Å². The van der Waals surface area contributed by atoms with E-state index in [1.54, 1.807) is 6.20 Å². The second-order valence-electron chi connectivity index (χ2n) is 6.08. The zero-order chi connectivity index (χ0) is 13.3. The van der Waals surface area contributed by atoms with Gasteiger partial charge in [0, 0.05) is 11.7 Å². The first-order valence-corrected chi connectivity index (χ1v) is 6.72. The Morgan fingerprint density at radius 3 is 2.41 bits per heavy atom. The summed E-state index contributed by atoms with van der Waals surface area (Å²) < 4.78 is 0.823. The smallest absolute Gasteiger partial charge is 0.224 e. The molecule has 1 aromatic heterocycles. The first-order chi connectivity index (χ1) is 7.59. The molecule has 17 heavy (non-hydrogen) atoms. The van der Waals surface area contributed by atoms with Crippen molar-refractivity contribution >= 4 is 33.3 Å². The third kappa shape index (κ3) is 5.21. The van der Waals surface area contributed by atoms with Crippen LogP contribution in [0.2, 0.25) is 5.28 Å². The van der Waals surface area contributed by atoms with E-state index in [1.165, 1.54) is 0 Å². The first kappa shape index (κ1) is 14.7. The molecule has 0 unspecified atom stereocenters. The lowest BCUT2D eigenvalue weighted by atomic mass is 9.82. The number of halogens is 2. The zero-order valence-electron chi connectivity index (χ0n) is 10.9. The van der Waals surface area contributed by atoms with E-state index in [1.807, 2.05) is 0 Å². The summed E-state index contributed by atoms with van der Waals surface area (Å²) in [7, 11) is 0. The Bertz CT molecular complexity index is 399. The second-order valence-corrected chi connectivity index (χ2v) is 7.27. The normalized spacial score (nSPS) is 12.6. The molecular formula is C12H19BrClN3. The highest BCUT2D eigenvalue weighted by atomic mass is 79.9. The minimum atomic E-state index is -0.0571. The Kier molecular flexibility index (Phi) is 4.42. The Balaban J connectivity index is 2.86. The van der Waals surface area contributed by atoms with E-state index in [-0.39, 0.29) is 16.2 Å². The maximum atomic E-state index is 5.80. The van der Waals surface area contributed by atoms with Crippen molar-refractivity contribution in [2.24, 2.45) is 5.41 Å². The summed E-state index contributed by atoms with van der Waals surface area (Å²) in [5.74, 6) is 0.735. The molecule has 0 fully saturated rings. The molecule has 0 aliphatic heterocycles. The van der Waals surface area contributed by atoms with Crippen LogP contribution >= 0.6 is 27.5 Å². The van der Waals surface area contributed by atoms with E-state index in [2.05, 4.69) is 65.8 Å². The Morgan fingerprint density at radius 2 is 1.88 bits per heavy atom. The molecular weight excluding hydrogens is 302 g/mol. The van der Waals surface area contributed by atoms with Gasteiger partial charge in [0.1, 0.15) is 5.82 Å². The summed E-state index contributed by atoms with van der Waals surface area (Å²) in [6.45, 7) is 11.0. The summed E-state index contributed by atoms with van der Waals surface area (Å²) in [6.07, 6.45) is 2.68. The number of rotatable bonds is 3. The fourth-order valence-electron chi connectivity index (χ4n) is 2.12. The molecule has 0 atom stereocenters. The van der Waals surface area contributed by atoms with Gasteiger partial charge in [-0.1, -0.05) is 20.8 Å². The summed E-state index contributed by atoms with van der Waals surface area (Å²) in [5, 5.41) is 3.65. The lowest BCUT2D eigenvalue weighted by Gasteiger charge is -2.34. The van der Waals surface area contributed by atoms with Crippen LogP contribution in [-0.4, -0.2) is 15.5 Å². The van der Waals surface area contributed by atoms with Crippen LogP contribution in [0.1, 0.15) is 41.0 Å². The second kappa shape index (κ2) is 5.11. The van der Waals surface area contributed by atoms with Gasteiger partial charge in [-0.2, -0.15) is 4.98 Å². The van der Waals surface area contributed by atoms with Crippen molar-refractivity contribution in [3.63, 3.8) is 0 Å². The van der Waals surface area contributed by atoms with Crippen LogP contribution in [0.4, 0.5) is 5.82 Å². The highest BCUT2D eigenvalue weighted by Crippen LogP contribution is 2.31. The average molecular weight is 321 g/mol. The molecule has 0 aliphatic carbocycles. The molecule has 0 saturated carbocycles. The SMILES string of the molecule is CC(C)(C)CC(C)(C)Nc1nc(Cl)ncc1Br. The Labute approximate surface area is 117 Å². The lowest BCUT2D eigenvalue weighted by Crippen LogP contribution is -2.35. The third-order valence-corrected chi connectivity index (χ3v) is 2.91. The molecule has 0 spiro atoms. The first-order valence-electron chi connectivity index (χ1n) is 5.55. The van der Waals surface area contributed by atoms with Crippen LogP contribution in [0.3, 0.4) is 0 Å². The summed E-state index contributed by atoms with van der Waals surface area (Å²) >= 11 is 9.21. The molecule has 1 N–H and O–H groups in total. The van der Waals surface area contributed by atoms with Crippen molar-refractivity contribution in [1.82, 2.24) is 9.97 Å². The monoisotopic (exact) mass is 319 g/mol. The van der Waals surface area contributed by atoms with Crippen LogP contribution in [0.25, 0.3) is 0 Å². The molecule has 0 amide bonds. The number of hydrogen-bond acceptors (Lipinski definition) is 3. The van der Waals surface area contributed by atoms with E-state index in [4.69, 9.17) is 11.6 Å². The lowest BCUT2D eigenvalue weighted by molar-refractivity contribution is 0.302. The predicted molar refractivity (Wildman–Crippen MR) is 76.5 cm³/mol. The molecule has 1 aromatic rings. The van der Waals surface area contributed by atoms with E-state index in [0.29, 0.717) is 0 Å². The standard InChI is InChI=1S/C12H19BrClN3/c1-11(2,3)7-12(4,5)17-9-8(13)6-15-10(14)16-9/h6H,7H2,1-5H3,(H,15,16,17). The van der Waals surface area contributed by atoms with Crippen LogP contribution in [0.15, 0.2) is 10.7 Å². The molecule has 5 heteroatoms. The van der Waals surface area contributed by atoms with E-state index < -0.39 is 0 Å². The van der Waals surface area contributed by atoms with Crippen molar-refractivity contribution in [3.05, 3.63) is 16.0 Å². The molecule has 1 heterocycles. The molecule has 0 bridgehead atoms. The molecule has 0 aliphatic rings. The van der Waals surface area contributed by atoms with Crippen LogP contribution in [0.5, 0.6) is 0 Å². The zero-order valence-corrected chi connectivity index (χ0v) is 13.3. The van der Waals surface area contributed by atoms with Gasteiger partial charge < -0.3 is 5.32 Å². The van der Waals surface area contributed by atoms with Gasteiger partial charge in [-0.15, -0.1) is 0 Å². The van der Waals surface area contributed by atoms with Gasteiger partial charge in [0.05, 0.1) is 4.47 Å². The van der Waals surface area contributed by atoms with Crippen molar-refractivity contribution in [3.8, 4) is 0 Å². The van der Waals surface area contributed by atoms with Gasteiger partial charge in [-0.05, 0) is 53.2 Å². The number of aromatic nitrogens is 2. The van der Waals surface area contributed by atoms with Crippen LogP contribution < -0.4 is 5.32 Å². The van der Waals surface area contributed by atoms with Gasteiger partial charge in [0.25, 0.3) is 0 Å². The largest absolute Gasteiger partial charge is 0.364 e. The minimum Gasteiger partial charge on any atom is -0.364 e. The molecule has 0 aromatic carbocycles. The fraction of sp³-hybridized carbons (Fsp3) is 0.667. The Morgan fingerprint density at radius 1 is 1.29 bits per heavy atom. The molecule has 1 rings (SSSR count). The van der Waals surface area contributed by atoms with Crippen LogP contribution in [-0.2, 0) is 0 Å². The van der Waals surface area contributed by atoms with Gasteiger partial charge in [0.15, 0.2) is 0 Å². The van der Waals surface area contributed by atoms with Gasteiger partial charge in [0.2, 0.25) is 5.28 Å². The minimum absolute atomic E-state index is 0.0571. The topological polar surface area (TPSA) is 37.8 Å². The average Bonchev–Trinajstić information content (AvgIpc) is 2.06. The van der Waals surface area contributed by atoms with Crippen molar-refractivity contribution in [2.45, 2.75) is 46.6 Å². The number of anilines is 1. The Hall–Kier alpha value is -0.350. The highest BCUT2D eigenvalue weighted by molar-refractivity contribution is 9.10. The highest BCUT2D eigenvalue weighted by Gasteiger charge is 2.26. The van der Waals surface area contributed by atoms with Gasteiger partial charge >= 0.3 is 0 Å². The summed E-state index contributed by atoms with van der Waals surface area (Å²) in [6, 6.07) is 0. The van der Waals surface area contributed by atoms with Crippen molar-refractivity contribution in [2.75, 3.05) is 5.32 Å². The number of hydrogen-bond donors (Lipinski definition) is 1. The van der Waals surface area contributed by atoms with E-state index in [0.717, 1.165) is 16.7 Å². The fourth-order valence-corrected chi connectivity index (χ4v) is 2.55. The summed E-state index contributed by atoms with van der Waals surface area (Å²) in [4.78, 5) is 8.10. The molecule has 0 saturated heterocycles. The van der Waals surface area contributed by atoms with E-state index >= 15 is 0 Å².